The summed E-state index contributed by atoms with van der Waals surface area (Å²) >= 11 is 0. The van der Waals surface area contributed by atoms with Crippen LogP contribution >= 0.6 is 0 Å². The van der Waals surface area contributed by atoms with Gasteiger partial charge in [0.1, 0.15) is 0 Å². The van der Waals surface area contributed by atoms with Crippen LogP contribution in [-0.4, -0.2) is 54.5 Å². The molecule has 0 heterocycles. The molecule has 0 aromatic heterocycles. The van der Waals surface area contributed by atoms with Gasteiger partial charge in [-0.25, -0.2) is 4.79 Å². The standard InChI is InChI=1S/C6H14N2O3/c1-7-6(11)8(2)5(3-9)4-10/h5,9-10H,3-4H2,1-2H3,(H,7,11). The second-order valence-corrected chi connectivity index (χ2v) is 2.19. The molecule has 0 saturated carbocycles. The summed E-state index contributed by atoms with van der Waals surface area (Å²) in [4.78, 5) is 12.1. The number of carbonyl (C=O) groups is 1. The number of aliphatic hydroxyl groups is 2. The fourth-order valence-corrected chi connectivity index (χ4v) is 0.645. The van der Waals surface area contributed by atoms with E-state index in [2.05, 4.69) is 5.32 Å². The number of hydrogen-bond donors (Lipinski definition) is 3. The van der Waals surface area contributed by atoms with Crippen molar-refractivity contribution < 1.29 is 15.0 Å². The molecule has 66 valence electrons. The van der Waals surface area contributed by atoms with Crippen LogP contribution in [0.2, 0.25) is 0 Å². The minimum absolute atomic E-state index is 0.236. The molecular formula is C6H14N2O3. The van der Waals surface area contributed by atoms with Crippen molar-refractivity contribution in [3.63, 3.8) is 0 Å². The number of carbonyl (C=O) groups excluding carboxylic acids is 1. The molecule has 0 spiro atoms. The Kier molecular flexibility index (Phi) is 4.56. The number of aliphatic hydroxyl groups excluding tert-OH is 2. The van der Waals surface area contributed by atoms with Crippen LogP contribution in [0.1, 0.15) is 0 Å². The Morgan fingerprint density at radius 1 is 1.55 bits per heavy atom. The number of amides is 2. The van der Waals surface area contributed by atoms with Gasteiger partial charge in [0.15, 0.2) is 0 Å². The average molecular weight is 162 g/mol. The zero-order valence-corrected chi connectivity index (χ0v) is 6.74. The van der Waals surface area contributed by atoms with Crippen molar-refractivity contribution in [2.75, 3.05) is 27.3 Å². The number of hydrogen-bond acceptors (Lipinski definition) is 3. The van der Waals surface area contributed by atoms with E-state index in [1.807, 2.05) is 0 Å². The van der Waals surface area contributed by atoms with Crippen LogP contribution in [0.4, 0.5) is 4.79 Å². The molecule has 0 unspecified atom stereocenters. The van der Waals surface area contributed by atoms with Gasteiger partial charge in [0.05, 0.1) is 19.3 Å². The van der Waals surface area contributed by atoms with E-state index in [1.54, 1.807) is 0 Å². The average Bonchev–Trinajstić information content (AvgIpc) is 2.05. The highest BCUT2D eigenvalue weighted by molar-refractivity contribution is 5.73. The molecule has 5 nitrogen and oxygen atoms in total. The van der Waals surface area contributed by atoms with Crippen LogP contribution in [0.5, 0.6) is 0 Å². The second kappa shape index (κ2) is 4.92. The van der Waals surface area contributed by atoms with Gasteiger partial charge in [-0.1, -0.05) is 0 Å². The molecule has 0 radical (unpaired) electrons. The highest BCUT2D eigenvalue weighted by Gasteiger charge is 2.16. The van der Waals surface area contributed by atoms with Gasteiger partial charge in [0, 0.05) is 14.1 Å². The molecule has 0 aromatic rings. The Morgan fingerprint density at radius 2 is 2.00 bits per heavy atom. The smallest absolute Gasteiger partial charge is 0.317 e. The van der Waals surface area contributed by atoms with Gasteiger partial charge in [-0.3, -0.25) is 0 Å². The van der Waals surface area contributed by atoms with E-state index >= 15 is 0 Å². The van der Waals surface area contributed by atoms with Crippen molar-refractivity contribution in [1.29, 1.82) is 0 Å². The monoisotopic (exact) mass is 162 g/mol. The van der Waals surface area contributed by atoms with Crippen molar-refractivity contribution in [2.45, 2.75) is 6.04 Å². The van der Waals surface area contributed by atoms with E-state index < -0.39 is 6.04 Å². The van der Waals surface area contributed by atoms with Crippen LogP contribution in [0.25, 0.3) is 0 Å². The lowest BCUT2D eigenvalue weighted by molar-refractivity contribution is 0.105. The molecule has 0 aliphatic heterocycles. The molecular weight excluding hydrogens is 148 g/mol. The lowest BCUT2D eigenvalue weighted by Crippen LogP contribution is -2.45. The number of urea groups is 1. The summed E-state index contributed by atoms with van der Waals surface area (Å²) < 4.78 is 0. The molecule has 0 saturated heterocycles. The van der Waals surface area contributed by atoms with Crippen molar-refractivity contribution >= 4 is 6.03 Å². The molecule has 0 fully saturated rings. The number of nitrogens with zero attached hydrogens (tertiary/aromatic N) is 1. The first-order valence-corrected chi connectivity index (χ1v) is 3.33. The normalized spacial score (nSPS) is 9.91. The molecule has 0 rings (SSSR count). The summed E-state index contributed by atoms with van der Waals surface area (Å²) in [7, 11) is 3.00. The zero-order chi connectivity index (χ0) is 8.85. The van der Waals surface area contributed by atoms with Crippen molar-refractivity contribution in [3.8, 4) is 0 Å². The summed E-state index contributed by atoms with van der Waals surface area (Å²) in [5.74, 6) is 0. The maximum Gasteiger partial charge on any atom is 0.317 e. The number of rotatable bonds is 3. The molecule has 0 aromatic carbocycles. The zero-order valence-electron chi connectivity index (χ0n) is 6.74. The Hall–Kier alpha value is -0.810. The second-order valence-electron chi connectivity index (χ2n) is 2.19. The minimum Gasteiger partial charge on any atom is -0.394 e. The van der Waals surface area contributed by atoms with E-state index in [-0.39, 0.29) is 19.2 Å². The van der Waals surface area contributed by atoms with Gasteiger partial charge < -0.3 is 20.4 Å². The van der Waals surface area contributed by atoms with E-state index in [0.29, 0.717) is 0 Å². The van der Waals surface area contributed by atoms with E-state index in [0.717, 1.165) is 0 Å². The highest BCUT2D eigenvalue weighted by Crippen LogP contribution is 1.93. The molecule has 3 N–H and O–H groups in total. The fraction of sp³-hybridized carbons (Fsp3) is 0.833. The van der Waals surface area contributed by atoms with E-state index in [9.17, 15) is 4.79 Å². The van der Waals surface area contributed by atoms with E-state index in [1.165, 1.54) is 19.0 Å². The Bertz CT molecular complexity index is 125. The molecule has 0 aliphatic carbocycles. The lowest BCUT2D eigenvalue weighted by Gasteiger charge is -2.23. The molecule has 11 heavy (non-hydrogen) atoms. The van der Waals surface area contributed by atoms with Crippen molar-refractivity contribution in [3.05, 3.63) is 0 Å². The Morgan fingerprint density at radius 3 is 2.27 bits per heavy atom. The summed E-state index contributed by atoms with van der Waals surface area (Å²) in [6, 6.07) is -0.840. The van der Waals surface area contributed by atoms with Gasteiger partial charge in [0.2, 0.25) is 0 Å². The fourth-order valence-electron chi connectivity index (χ4n) is 0.645. The van der Waals surface area contributed by atoms with Crippen molar-refractivity contribution in [1.82, 2.24) is 10.2 Å². The summed E-state index contributed by atoms with van der Waals surface area (Å²) in [5.41, 5.74) is 0. The van der Waals surface area contributed by atoms with Gasteiger partial charge in [-0.2, -0.15) is 0 Å². The molecule has 2 amide bonds. The minimum atomic E-state index is -0.519. The summed E-state index contributed by atoms with van der Waals surface area (Å²) in [5, 5.41) is 19.7. The molecule has 5 heteroatoms. The van der Waals surface area contributed by atoms with Crippen LogP contribution in [0.3, 0.4) is 0 Å². The van der Waals surface area contributed by atoms with Crippen LogP contribution in [-0.2, 0) is 0 Å². The van der Waals surface area contributed by atoms with Crippen molar-refractivity contribution in [2.24, 2.45) is 0 Å². The Labute approximate surface area is 65.6 Å². The maximum absolute atomic E-state index is 10.9. The summed E-state index contributed by atoms with van der Waals surface area (Å²) in [6.07, 6.45) is 0. The van der Waals surface area contributed by atoms with Gasteiger partial charge >= 0.3 is 6.03 Å². The largest absolute Gasteiger partial charge is 0.394 e. The van der Waals surface area contributed by atoms with Gasteiger partial charge in [0.25, 0.3) is 0 Å². The number of nitrogens with one attached hydrogen (secondary N) is 1. The van der Waals surface area contributed by atoms with Gasteiger partial charge in [-0.15, -0.1) is 0 Å². The third-order valence-electron chi connectivity index (χ3n) is 1.50. The quantitative estimate of drug-likeness (QED) is 0.478. The van der Waals surface area contributed by atoms with Crippen LogP contribution in [0.15, 0.2) is 0 Å². The van der Waals surface area contributed by atoms with Gasteiger partial charge in [-0.05, 0) is 0 Å². The summed E-state index contributed by atoms with van der Waals surface area (Å²) in [6.45, 7) is -0.471. The SMILES string of the molecule is CNC(=O)N(C)C(CO)CO. The maximum atomic E-state index is 10.9. The third kappa shape index (κ3) is 2.73. The van der Waals surface area contributed by atoms with E-state index in [4.69, 9.17) is 10.2 Å². The van der Waals surface area contributed by atoms with Crippen LogP contribution in [0, 0.1) is 0 Å². The third-order valence-corrected chi connectivity index (χ3v) is 1.50. The first kappa shape index (κ1) is 10.2. The first-order valence-electron chi connectivity index (χ1n) is 3.33. The molecule has 0 aliphatic rings. The lowest BCUT2D eigenvalue weighted by atomic mass is 10.3. The molecule has 0 bridgehead atoms. The van der Waals surface area contributed by atoms with Crippen LogP contribution < -0.4 is 5.32 Å². The first-order chi connectivity index (χ1) is 5.17. The predicted molar refractivity (Wildman–Crippen MR) is 40.2 cm³/mol. The predicted octanol–water partition coefficient (Wildman–Crippen LogP) is -1.39. The Balaban J connectivity index is 3.97. The molecule has 0 atom stereocenters. The number of likely N-dealkylation sites (N-methyl/N-ethyl adjacent to an activating group) is 1. The highest BCUT2D eigenvalue weighted by atomic mass is 16.3. The topological polar surface area (TPSA) is 72.8 Å².